The second-order valence-corrected chi connectivity index (χ2v) is 5.20. The van der Waals surface area contributed by atoms with Crippen molar-refractivity contribution in [3.8, 4) is 11.6 Å². The number of benzene rings is 1. The highest BCUT2D eigenvalue weighted by Crippen LogP contribution is 2.34. The van der Waals surface area contributed by atoms with Gasteiger partial charge < -0.3 is 9.47 Å². The van der Waals surface area contributed by atoms with Gasteiger partial charge in [0.2, 0.25) is 0 Å². The zero-order valence-corrected chi connectivity index (χ0v) is 11.5. The lowest BCUT2D eigenvalue weighted by atomic mass is 10.1. The molecule has 0 aliphatic carbocycles. The van der Waals surface area contributed by atoms with Crippen LogP contribution in [-0.4, -0.2) is 11.6 Å². The van der Waals surface area contributed by atoms with E-state index in [2.05, 4.69) is 20.9 Å². The molecule has 2 aromatic rings. The van der Waals surface area contributed by atoms with E-state index in [0.29, 0.717) is 12.5 Å². The maximum atomic E-state index is 5.86. The molecule has 0 N–H and O–H groups in total. The Morgan fingerprint density at radius 2 is 2.06 bits per heavy atom. The molecule has 92 valence electrons. The molecule has 1 unspecified atom stereocenters. The standard InChI is InChI=1S/C14H12BrNO2/c1-9-6-12-14(16-7-9)18-13(8-17-12)10-2-4-11(15)5-3-10/h2-7,13H,8H2,1H3. The average Bonchev–Trinajstić information content (AvgIpc) is 2.39. The molecule has 1 aliphatic rings. The lowest BCUT2D eigenvalue weighted by Gasteiger charge is -2.26. The molecular weight excluding hydrogens is 294 g/mol. The number of hydrogen-bond acceptors (Lipinski definition) is 3. The Hall–Kier alpha value is -1.55. The topological polar surface area (TPSA) is 31.4 Å². The van der Waals surface area contributed by atoms with Crippen molar-refractivity contribution >= 4 is 15.9 Å². The van der Waals surface area contributed by atoms with Crippen LogP contribution < -0.4 is 9.47 Å². The number of nitrogens with zero attached hydrogens (tertiary/aromatic N) is 1. The fourth-order valence-corrected chi connectivity index (χ4v) is 2.16. The molecule has 18 heavy (non-hydrogen) atoms. The Morgan fingerprint density at radius 3 is 2.83 bits per heavy atom. The molecule has 4 heteroatoms. The van der Waals surface area contributed by atoms with Crippen LogP contribution in [0.4, 0.5) is 0 Å². The molecule has 1 aromatic heterocycles. The quantitative estimate of drug-likeness (QED) is 0.805. The molecule has 1 atom stereocenters. The minimum absolute atomic E-state index is 0.0965. The first-order valence-electron chi connectivity index (χ1n) is 5.74. The number of ether oxygens (including phenoxy) is 2. The van der Waals surface area contributed by atoms with Gasteiger partial charge in [-0.1, -0.05) is 28.1 Å². The number of aromatic nitrogens is 1. The van der Waals surface area contributed by atoms with Crippen LogP contribution in [0.25, 0.3) is 0 Å². The van der Waals surface area contributed by atoms with Gasteiger partial charge in [-0.05, 0) is 36.2 Å². The predicted molar refractivity (Wildman–Crippen MR) is 72.0 cm³/mol. The summed E-state index contributed by atoms with van der Waals surface area (Å²) in [6, 6.07) is 9.99. The third kappa shape index (κ3) is 2.20. The highest BCUT2D eigenvalue weighted by atomic mass is 79.9. The fourth-order valence-electron chi connectivity index (χ4n) is 1.90. The highest BCUT2D eigenvalue weighted by molar-refractivity contribution is 9.10. The minimum atomic E-state index is -0.0965. The molecule has 1 aromatic carbocycles. The molecular formula is C14H12BrNO2. The third-order valence-electron chi connectivity index (χ3n) is 2.84. The fraction of sp³-hybridized carbons (Fsp3) is 0.214. The van der Waals surface area contributed by atoms with Gasteiger partial charge in [-0.3, -0.25) is 0 Å². The van der Waals surface area contributed by atoms with Crippen LogP contribution in [0, 0.1) is 6.92 Å². The van der Waals surface area contributed by atoms with E-state index in [1.54, 1.807) is 6.20 Å². The number of halogens is 1. The second-order valence-electron chi connectivity index (χ2n) is 4.29. The summed E-state index contributed by atoms with van der Waals surface area (Å²) in [6.07, 6.45) is 1.69. The summed E-state index contributed by atoms with van der Waals surface area (Å²) < 4.78 is 12.6. The maximum absolute atomic E-state index is 5.86. The summed E-state index contributed by atoms with van der Waals surface area (Å²) in [6.45, 7) is 2.50. The number of rotatable bonds is 1. The van der Waals surface area contributed by atoms with Crippen molar-refractivity contribution in [3.05, 3.63) is 52.1 Å². The summed E-state index contributed by atoms with van der Waals surface area (Å²) in [5.41, 5.74) is 2.16. The summed E-state index contributed by atoms with van der Waals surface area (Å²) in [7, 11) is 0. The van der Waals surface area contributed by atoms with E-state index < -0.39 is 0 Å². The van der Waals surface area contributed by atoms with Crippen molar-refractivity contribution in [3.63, 3.8) is 0 Å². The van der Waals surface area contributed by atoms with Crippen LogP contribution in [0.15, 0.2) is 41.0 Å². The smallest absolute Gasteiger partial charge is 0.257 e. The lowest BCUT2D eigenvalue weighted by molar-refractivity contribution is 0.0850. The molecule has 3 nitrogen and oxygen atoms in total. The Kier molecular flexibility index (Phi) is 2.96. The number of hydrogen-bond donors (Lipinski definition) is 0. The molecule has 0 bridgehead atoms. The zero-order valence-electron chi connectivity index (χ0n) is 9.89. The largest absolute Gasteiger partial charge is 0.484 e. The van der Waals surface area contributed by atoms with E-state index in [0.717, 1.165) is 21.3 Å². The molecule has 3 rings (SSSR count). The summed E-state index contributed by atoms with van der Waals surface area (Å²) in [5, 5.41) is 0. The van der Waals surface area contributed by atoms with Gasteiger partial charge in [-0.15, -0.1) is 0 Å². The molecule has 0 spiro atoms. The SMILES string of the molecule is Cc1cnc2c(c1)OCC(c1ccc(Br)cc1)O2. The summed E-state index contributed by atoms with van der Waals surface area (Å²) in [5.74, 6) is 1.29. The average molecular weight is 306 g/mol. The van der Waals surface area contributed by atoms with Gasteiger partial charge in [0, 0.05) is 10.7 Å². The van der Waals surface area contributed by atoms with Gasteiger partial charge in [0.05, 0.1) is 0 Å². The van der Waals surface area contributed by atoms with E-state index >= 15 is 0 Å². The molecule has 0 fully saturated rings. The minimum Gasteiger partial charge on any atom is -0.484 e. The molecule has 2 heterocycles. The predicted octanol–water partition coefficient (Wildman–Crippen LogP) is 3.67. The molecule has 0 saturated carbocycles. The second kappa shape index (κ2) is 4.61. The first-order valence-corrected chi connectivity index (χ1v) is 6.53. The van der Waals surface area contributed by atoms with Crippen molar-refractivity contribution in [2.75, 3.05) is 6.61 Å². The molecule has 0 saturated heterocycles. The highest BCUT2D eigenvalue weighted by Gasteiger charge is 2.23. The normalized spacial score (nSPS) is 17.6. The number of pyridine rings is 1. The van der Waals surface area contributed by atoms with Crippen LogP contribution in [0.3, 0.4) is 0 Å². The summed E-state index contributed by atoms with van der Waals surface area (Å²) in [4.78, 5) is 4.26. The summed E-state index contributed by atoms with van der Waals surface area (Å²) >= 11 is 3.42. The van der Waals surface area contributed by atoms with Crippen LogP contribution >= 0.6 is 15.9 Å². The van der Waals surface area contributed by atoms with E-state index in [4.69, 9.17) is 9.47 Å². The van der Waals surface area contributed by atoms with Gasteiger partial charge >= 0.3 is 0 Å². The monoisotopic (exact) mass is 305 g/mol. The van der Waals surface area contributed by atoms with Crippen molar-refractivity contribution < 1.29 is 9.47 Å². The zero-order chi connectivity index (χ0) is 12.5. The van der Waals surface area contributed by atoms with Gasteiger partial charge in [-0.25, -0.2) is 4.98 Å². The number of aryl methyl sites for hydroxylation is 1. The van der Waals surface area contributed by atoms with E-state index in [1.165, 1.54) is 0 Å². The van der Waals surface area contributed by atoms with Crippen molar-refractivity contribution in [1.82, 2.24) is 4.98 Å². The Bertz CT molecular complexity index is 569. The van der Waals surface area contributed by atoms with Crippen LogP contribution in [-0.2, 0) is 0 Å². The van der Waals surface area contributed by atoms with Crippen molar-refractivity contribution in [2.45, 2.75) is 13.0 Å². The van der Waals surface area contributed by atoms with E-state index in [-0.39, 0.29) is 6.10 Å². The number of fused-ring (bicyclic) bond motifs is 1. The van der Waals surface area contributed by atoms with E-state index in [1.807, 2.05) is 37.3 Å². The van der Waals surface area contributed by atoms with Gasteiger partial charge in [0.25, 0.3) is 5.88 Å². The molecule has 0 amide bonds. The third-order valence-corrected chi connectivity index (χ3v) is 3.37. The Labute approximate surface area is 114 Å². The van der Waals surface area contributed by atoms with Crippen LogP contribution in [0.5, 0.6) is 11.6 Å². The molecule has 0 radical (unpaired) electrons. The van der Waals surface area contributed by atoms with Crippen LogP contribution in [0.1, 0.15) is 17.2 Å². The van der Waals surface area contributed by atoms with Gasteiger partial charge in [0.1, 0.15) is 6.61 Å². The molecule has 1 aliphatic heterocycles. The first kappa shape index (κ1) is 11.5. The first-order chi connectivity index (χ1) is 8.72. The van der Waals surface area contributed by atoms with Gasteiger partial charge in [-0.2, -0.15) is 0 Å². The van der Waals surface area contributed by atoms with Crippen molar-refractivity contribution in [1.29, 1.82) is 0 Å². The Balaban J connectivity index is 1.86. The van der Waals surface area contributed by atoms with Crippen LogP contribution in [0.2, 0.25) is 0 Å². The van der Waals surface area contributed by atoms with E-state index in [9.17, 15) is 0 Å². The maximum Gasteiger partial charge on any atom is 0.257 e. The van der Waals surface area contributed by atoms with Crippen molar-refractivity contribution in [2.24, 2.45) is 0 Å². The Morgan fingerprint density at radius 1 is 1.28 bits per heavy atom. The van der Waals surface area contributed by atoms with Gasteiger partial charge in [0.15, 0.2) is 11.9 Å². The lowest BCUT2D eigenvalue weighted by Crippen LogP contribution is -2.22.